The average Bonchev–Trinajstić information content (AvgIpc) is 2.93. The zero-order chi connectivity index (χ0) is 13.6. The third-order valence-corrected chi connectivity index (χ3v) is 3.29. The Morgan fingerprint density at radius 2 is 2.11 bits per heavy atom. The van der Waals surface area contributed by atoms with Gasteiger partial charge in [-0.1, -0.05) is 0 Å². The second-order valence-corrected chi connectivity index (χ2v) is 4.58. The van der Waals surface area contributed by atoms with Crippen molar-refractivity contribution in [1.82, 2.24) is 14.6 Å². The van der Waals surface area contributed by atoms with Crippen molar-refractivity contribution in [2.24, 2.45) is 0 Å². The van der Waals surface area contributed by atoms with Crippen LogP contribution in [0.3, 0.4) is 0 Å². The summed E-state index contributed by atoms with van der Waals surface area (Å²) in [4.78, 5) is 3.89. The summed E-state index contributed by atoms with van der Waals surface area (Å²) in [6, 6.07) is 3.56. The summed E-state index contributed by atoms with van der Waals surface area (Å²) in [6.45, 7) is 0. The average molecular weight is 266 g/mol. The lowest BCUT2D eigenvalue weighted by atomic mass is 10.1. The fourth-order valence-corrected chi connectivity index (χ4v) is 2.36. The van der Waals surface area contributed by atoms with Crippen molar-refractivity contribution in [2.75, 3.05) is 5.73 Å². The number of aromatic nitrogens is 3. The monoisotopic (exact) mass is 266 g/mol. The largest absolute Gasteiger partial charge is 0.382 e. The molecule has 2 unspecified atom stereocenters. The molecule has 0 amide bonds. The predicted octanol–water partition coefficient (Wildman–Crippen LogP) is -0.838. The maximum atomic E-state index is 9.12. The van der Waals surface area contributed by atoms with Crippen LogP contribution >= 0.6 is 0 Å². The van der Waals surface area contributed by atoms with Crippen LogP contribution < -0.4 is 5.73 Å². The van der Waals surface area contributed by atoms with Gasteiger partial charge in [0.2, 0.25) is 0 Å². The maximum Gasteiger partial charge on any atom is 0.303 e. The number of nitrogens with zero attached hydrogens (tertiary/aromatic N) is 3. The quantitative estimate of drug-likeness (QED) is 0.522. The molecule has 0 aromatic carbocycles. The van der Waals surface area contributed by atoms with Crippen molar-refractivity contribution in [3.8, 4) is 0 Å². The molecule has 2 aromatic rings. The van der Waals surface area contributed by atoms with Crippen molar-refractivity contribution in [3.63, 3.8) is 0 Å². The third-order valence-electron chi connectivity index (χ3n) is 3.29. The van der Waals surface area contributed by atoms with Crippen molar-refractivity contribution >= 4 is 11.3 Å². The first-order valence-electron chi connectivity index (χ1n) is 5.87. The van der Waals surface area contributed by atoms with Gasteiger partial charge in [-0.2, -0.15) is 5.10 Å². The SMILES string of the molecule is Nc1ncnn2c(C3CCC(C(O)(O)O)O3)ccc12. The van der Waals surface area contributed by atoms with Crippen LogP contribution in [-0.4, -0.2) is 42.0 Å². The molecule has 8 heteroatoms. The molecule has 0 spiro atoms. The number of anilines is 1. The van der Waals surface area contributed by atoms with E-state index < -0.39 is 12.1 Å². The Morgan fingerprint density at radius 3 is 2.79 bits per heavy atom. The number of nitrogens with two attached hydrogens (primary N) is 1. The van der Waals surface area contributed by atoms with Gasteiger partial charge in [0.15, 0.2) is 5.82 Å². The van der Waals surface area contributed by atoms with Crippen LogP contribution in [0.4, 0.5) is 5.82 Å². The van der Waals surface area contributed by atoms with Gasteiger partial charge < -0.3 is 25.8 Å². The van der Waals surface area contributed by atoms with E-state index in [0.29, 0.717) is 24.2 Å². The molecule has 0 saturated carbocycles. The lowest BCUT2D eigenvalue weighted by Gasteiger charge is -2.21. The van der Waals surface area contributed by atoms with E-state index in [4.69, 9.17) is 25.8 Å². The molecule has 0 bridgehead atoms. The molecular weight excluding hydrogens is 252 g/mol. The van der Waals surface area contributed by atoms with Crippen LogP contribution in [0.25, 0.3) is 5.52 Å². The molecule has 102 valence electrons. The van der Waals surface area contributed by atoms with E-state index in [1.165, 1.54) is 6.33 Å². The Bertz CT molecular complexity index is 606. The van der Waals surface area contributed by atoms with E-state index in [2.05, 4.69) is 10.1 Å². The van der Waals surface area contributed by atoms with Crippen LogP contribution in [0.2, 0.25) is 0 Å². The summed E-state index contributed by atoms with van der Waals surface area (Å²) in [5.74, 6) is -2.47. The molecule has 3 rings (SSSR count). The number of rotatable bonds is 2. The van der Waals surface area contributed by atoms with Gasteiger partial charge in [0.1, 0.15) is 24.1 Å². The van der Waals surface area contributed by atoms with E-state index in [1.54, 1.807) is 16.6 Å². The molecule has 1 fully saturated rings. The predicted molar refractivity (Wildman–Crippen MR) is 63.6 cm³/mol. The molecular formula is C11H14N4O4. The first-order chi connectivity index (χ1) is 8.97. The maximum absolute atomic E-state index is 9.12. The first kappa shape index (κ1) is 12.3. The van der Waals surface area contributed by atoms with Crippen LogP contribution in [-0.2, 0) is 4.74 Å². The summed E-state index contributed by atoms with van der Waals surface area (Å²) < 4.78 is 7.05. The molecule has 2 atom stereocenters. The Labute approximate surface area is 108 Å². The molecule has 1 saturated heterocycles. The van der Waals surface area contributed by atoms with E-state index in [-0.39, 0.29) is 6.10 Å². The van der Waals surface area contributed by atoms with Gasteiger partial charge in [0.05, 0.1) is 5.69 Å². The molecule has 0 aliphatic carbocycles. The van der Waals surface area contributed by atoms with Crippen molar-refractivity contribution in [1.29, 1.82) is 0 Å². The molecule has 1 aliphatic heterocycles. The number of nitrogen functional groups attached to an aromatic ring is 1. The number of ether oxygens (including phenoxy) is 1. The van der Waals surface area contributed by atoms with Gasteiger partial charge in [0.25, 0.3) is 0 Å². The van der Waals surface area contributed by atoms with Gasteiger partial charge in [-0.25, -0.2) is 9.50 Å². The lowest BCUT2D eigenvalue weighted by molar-refractivity contribution is -0.358. The smallest absolute Gasteiger partial charge is 0.303 e. The molecule has 5 N–H and O–H groups in total. The highest BCUT2D eigenvalue weighted by molar-refractivity contribution is 5.65. The minimum atomic E-state index is -2.82. The topological polar surface area (TPSA) is 126 Å². The van der Waals surface area contributed by atoms with Crippen molar-refractivity contribution in [2.45, 2.75) is 31.0 Å². The van der Waals surface area contributed by atoms with Gasteiger partial charge in [0, 0.05) is 0 Å². The standard InChI is InChI=1S/C11H14N4O4/c12-10-7-2-1-6(15(7)14-5-13-10)8-3-4-9(19-8)11(16,17)18/h1-2,5,8-9,16-18H,3-4H2,(H2,12,13,14). The molecule has 19 heavy (non-hydrogen) atoms. The van der Waals surface area contributed by atoms with Crippen LogP contribution in [0.15, 0.2) is 18.5 Å². The first-order valence-corrected chi connectivity index (χ1v) is 5.87. The number of fused-ring (bicyclic) bond motifs is 1. The van der Waals surface area contributed by atoms with Crippen LogP contribution in [0, 0.1) is 0 Å². The molecule has 2 aromatic heterocycles. The molecule has 3 heterocycles. The Hall–Kier alpha value is -1.74. The highest BCUT2D eigenvalue weighted by atomic mass is 16.7. The van der Waals surface area contributed by atoms with Crippen LogP contribution in [0.1, 0.15) is 24.6 Å². The lowest BCUT2D eigenvalue weighted by Crippen LogP contribution is -2.41. The molecule has 8 nitrogen and oxygen atoms in total. The van der Waals surface area contributed by atoms with E-state index in [0.717, 1.165) is 5.69 Å². The minimum absolute atomic E-state index is 0.335. The highest BCUT2D eigenvalue weighted by Crippen LogP contribution is 2.36. The van der Waals surface area contributed by atoms with Crippen LogP contribution in [0.5, 0.6) is 0 Å². The molecule has 0 radical (unpaired) electrons. The summed E-state index contributed by atoms with van der Waals surface area (Å²) in [5.41, 5.74) is 7.12. The number of hydrogen-bond donors (Lipinski definition) is 4. The van der Waals surface area contributed by atoms with Gasteiger partial charge in [-0.15, -0.1) is 0 Å². The Kier molecular flexibility index (Phi) is 2.68. The van der Waals surface area contributed by atoms with Gasteiger partial charge in [-0.05, 0) is 25.0 Å². The zero-order valence-electron chi connectivity index (χ0n) is 9.97. The second kappa shape index (κ2) is 4.14. The zero-order valence-corrected chi connectivity index (χ0v) is 9.97. The van der Waals surface area contributed by atoms with E-state index in [9.17, 15) is 0 Å². The summed E-state index contributed by atoms with van der Waals surface area (Å²) in [6.07, 6.45) is 0.800. The Morgan fingerprint density at radius 1 is 1.32 bits per heavy atom. The summed E-state index contributed by atoms with van der Waals surface area (Å²) in [5, 5.41) is 31.5. The fraction of sp³-hybridized carbons (Fsp3) is 0.455. The molecule has 1 aliphatic rings. The summed E-state index contributed by atoms with van der Waals surface area (Å²) >= 11 is 0. The van der Waals surface area contributed by atoms with Crippen molar-refractivity contribution < 1.29 is 20.1 Å². The third kappa shape index (κ3) is 2.04. The number of aliphatic hydroxyl groups is 3. The fourth-order valence-electron chi connectivity index (χ4n) is 2.36. The minimum Gasteiger partial charge on any atom is -0.382 e. The second-order valence-electron chi connectivity index (χ2n) is 4.58. The Balaban J connectivity index is 1.92. The number of hydrogen-bond acceptors (Lipinski definition) is 7. The van der Waals surface area contributed by atoms with Gasteiger partial charge in [-0.3, -0.25) is 0 Å². The van der Waals surface area contributed by atoms with Gasteiger partial charge >= 0.3 is 5.97 Å². The normalized spacial score (nSPS) is 24.2. The summed E-state index contributed by atoms with van der Waals surface area (Å²) in [7, 11) is 0. The van der Waals surface area contributed by atoms with Crippen molar-refractivity contribution in [3.05, 3.63) is 24.2 Å². The van der Waals surface area contributed by atoms with E-state index >= 15 is 0 Å². The van der Waals surface area contributed by atoms with E-state index in [1.807, 2.05) is 0 Å². The highest BCUT2D eigenvalue weighted by Gasteiger charge is 2.41.